The molecule has 0 rings (SSSR count). The zero-order valence-electron chi connectivity index (χ0n) is 4.95. The predicted molar refractivity (Wildman–Crippen MR) is 21.9 cm³/mol. The van der Waals surface area contributed by atoms with Crippen molar-refractivity contribution in [3.05, 3.63) is 0 Å². The molecule has 0 aromatic carbocycles. The first-order valence-corrected chi connectivity index (χ1v) is 0. The predicted octanol–water partition coefficient (Wildman–Crippen LogP) is -2.35. The van der Waals surface area contributed by atoms with Gasteiger partial charge in [-0.3, -0.25) is 28.2 Å². The van der Waals surface area contributed by atoms with Gasteiger partial charge in [-0.25, -0.2) is 0 Å². The molecule has 0 spiro atoms. The Kier molecular flexibility index (Phi) is 9260. The molecule has 0 fully saturated rings. The van der Waals surface area contributed by atoms with Crippen LogP contribution in [0.2, 0.25) is 0 Å². The zero-order chi connectivity index (χ0) is 0. The second-order valence-electron chi connectivity index (χ2n) is 0. The van der Waals surface area contributed by atoms with Crippen LogP contribution in [-0.2, 0) is 0 Å². The summed E-state index contributed by atoms with van der Waals surface area (Å²) in [6.07, 6.45) is 0. The molecule has 0 saturated heterocycles. The van der Waals surface area contributed by atoms with Crippen molar-refractivity contribution in [1.29, 1.82) is 0 Å². The molecule has 0 heterocycles. The van der Waals surface area contributed by atoms with Crippen molar-refractivity contribution >= 4 is 11.0 Å². The Morgan fingerprint density at radius 3 is 0.500 bits per heavy atom. The van der Waals surface area contributed by atoms with Gasteiger partial charge in [0, 0.05) is 11.0 Å². The molecule has 0 aliphatic rings. The average Bonchev–Trinajstić information content (AvgIpc) is 0. The first kappa shape index (κ1) is 327. The fourth-order valence-corrected chi connectivity index (χ4v) is 0. The molecule has 0 unspecified atom stereocenters. The summed E-state index contributed by atoms with van der Waals surface area (Å²) in [4.78, 5) is 0. The largest absolute Gasteiger partial charge is 1.00 e. The first-order chi connectivity index (χ1) is 0. The number of halogens is 6. The molecule has 0 aliphatic heterocycles. The molecule has 0 atom stereocenters. The minimum absolute atomic E-state index is 0. The molecule has 0 aromatic heterocycles. The second kappa shape index (κ2) is 227. The summed E-state index contributed by atoms with van der Waals surface area (Å²) in [6.45, 7) is 0. The quantitative estimate of drug-likeness (QED) is 0.295. The monoisotopic (exact) mass is 188 g/mol. The fraction of sp³-hybridized carbons (Fsp3) is 0. The van der Waals surface area contributed by atoms with Crippen molar-refractivity contribution in [3.63, 3.8) is 0 Å². The molecule has 0 aliphatic carbocycles. The van der Waals surface area contributed by atoms with Gasteiger partial charge in [-0.05, 0) is 0 Å². The molecule has 8 heteroatoms. The summed E-state index contributed by atoms with van der Waals surface area (Å²) in [5.41, 5.74) is 0. The molecule has 4 radical (unpaired) electrons. The summed E-state index contributed by atoms with van der Waals surface area (Å²) in [7, 11) is 0. The Morgan fingerprint density at radius 2 is 0.500 bits per heavy atom. The maximum absolute atomic E-state index is 0. The molecule has 0 nitrogen and oxygen atoms in total. The van der Waals surface area contributed by atoms with E-state index in [9.17, 15) is 0 Å². The van der Waals surface area contributed by atoms with Crippen LogP contribution in [0.15, 0.2) is 0 Å². The van der Waals surface area contributed by atoms with E-state index in [2.05, 4.69) is 0 Å². The van der Waals surface area contributed by atoms with Crippen molar-refractivity contribution in [2.45, 2.75) is 0 Å². The SMILES string of the molecule is F.F.F.F.F.F.[H-].[K+].[Si]. The summed E-state index contributed by atoms with van der Waals surface area (Å²) in [6, 6.07) is 0. The molecule has 0 saturated carbocycles. The van der Waals surface area contributed by atoms with E-state index < -0.39 is 0 Å². The van der Waals surface area contributed by atoms with Gasteiger partial charge >= 0.3 is 51.4 Å². The molecular weight excluding hydrogens is 181 g/mol. The zero-order valence-corrected chi connectivity index (χ0v) is 8.07. The fourth-order valence-electron chi connectivity index (χ4n) is 0. The second-order valence-corrected chi connectivity index (χ2v) is 0. The Labute approximate surface area is 90.9 Å². The van der Waals surface area contributed by atoms with Crippen molar-refractivity contribution < 1.29 is 81.0 Å². The standard InChI is InChI=1S/6FH.K.Si.H/h6*1H;;;/q;;;;;;+1;;-1. The van der Waals surface area contributed by atoms with E-state index in [0.717, 1.165) is 0 Å². The van der Waals surface area contributed by atoms with Gasteiger partial charge in [0.15, 0.2) is 0 Å². The van der Waals surface area contributed by atoms with Gasteiger partial charge < -0.3 is 1.43 Å². The van der Waals surface area contributed by atoms with E-state index in [-0.39, 0.29) is 92.0 Å². The van der Waals surface area contributed by atoms with E-state index in [1.54, 1.807) is 0 Å². The van der Waals surface area contributed by atoms with Gasteiger partial charge in [-0.15, -0.1) is 0 Å². The van der Waals surface area contributed by atoms with Crippen LogP contribution in [0, 0.1) is 0 Å². The molecule has 0 aromatic rings. The Bertz CT molecular complexity index is 13.0. The third kappa shape index (κ3) is 150. The normalized spacial score (nSPS) is 0. The van der Waals surface area contributed by atoms with Crippen LogP contribution in [0.25, 0.3) is 0 Å². The van der Waals surface area contributed by atoms with Gasteiger partial charge in [-0.1, -0.05) is 0 Å². The molecule has 0 amide bonds. The van der Waals surface area contributed by atoms with Crippen LogP contribution < -0.4 is 51.4 Å². The summed E-state index contributed by atoms with van der Waals surface area (Å²) < 4.78 is 0. The van der Waals surface area contributed by atoms with E-state index in [1.165, 1.54) is 0 Å². The van der Waals surface area contributed by atoms with Gasteiger partial charge in [0.25, 0.3) is 0 Å². The molecule has 54 valence electrons. The van der Waals surface area contributed by atoms with Crippen molar-refractivity contribution in [3.8, 4) is 0 Å². The number of rotatable bonds is 0. The summed E-state index contributed by atoms with van der Waals surface area (Å²) >= 11 is 0. The van der Waals surface area contributed by atoms with Crippen LogP contribution in [0.5, 0.6) is 0 Å². The number of hydrogen-bond donors (Lipinski definition) is 0. The van der Waals surface area contributed by atoms with Crippen LogP contribution in [0.1, 0.15) is 1.43 Å². The van der Waals surface area contributed by atoms with Crippen molar-refractivity contribution in [1.82, 2.24) is 0 Å². The molecule has 8 heavy (non-hydrogen) atoms. The third-order valence-corrected chi connectivity index (χ3v) is 0. The van der Waals surface area contributed by atoms with Gasteiger partial charge in [0.2, 0.25) is 0 Å². The van der Waals surface area contributed by atoms with Crippen LogP contribution >= 0.6 is 0 Å². The summed E-state index contributed by atoms with van der Waals surface area (Å²) in [5, 5.41) is 0. The van der Waals surface area contributed by atoms with Crippen LogP contribution in [-0.4, -0.2) is 11.0 Å². The van der Waals surface area contributed by atoms with E-state index in [1.807, 2.05) is 0 Å². The maximum Gasteiger partial charge on any atom is 1.00 e. The topological polar surface area (TPSA) is 0 Å². The van der Waals surface area contributed by atoms with Crippen molar-refractivity contribution in [2.75, 3.05) is 0 Å². The summed E-state index contributed by atoms with van der Waals surface area (Å²) in [5.74, 6) is 0. The Hall–Kier alpha value is 1.43. The van der Waals surface area contributed by atoms with E-state index in [0.29, 0.717) is 0 Å². The van der Waals surface area contributed by atoms with E-state index >= 15 is 0 Å². The third-order valence-electron chi connectivity index (χ3n) is 0. The van der Waals surface area contributed by atoms with Crippen molar-refractivity contribution in [2.24, 2.45) is 0 Å². The Morgan fingerprint density at radius 1 is 0.500 bits per heavy atom. The molecular formula is H7F6KSi. The smallest absolute Gasteiger partial charge is 1.00 e. The molecule has 0 bridgehead atoms. The first-order valence-electron chi connectivity index (χ1n) is 0. The number of hydrogen-bond acceptors (Lipinski definition) is 0. The van der Waals surface area contributed by atoms with Gasteiger partial charge in [0.05, 0.1) is 0 Å². The van der Waals surface area contributed by atoms with Crippen LogP contribution in [0.3, 0.4) is 0 Å². The molecule has 0 N–H and O–H groups in total. The van der Waals surface area contributed by atoms with Gasteiger partial charge in [0.1, 0.15) is 0 Å². The average molecular weight is 188 g/mol. The van der Waals surface area contributed by atoms with Crippen LogP contribution in [0.4, 0.5) is 28.2 Å². The Balaban J connectivity index is 0. The minimum Gasteiger partial charge on any atom is -1.00 e. The van der Waals surface area contributed by atoms with E-state index in [4.69, 9.17) is 0 Å². The maximum atomic E-state index is 0. The van der Waals surface area contributed by atoms with Gasteiger partial charge in [-0.2, -0.15) is 0 Å². The minimum atomic E-state index is 0.